The highest BCUT2D eigenvalue weighted by Crippen LogP contribution is 2.04. The average Bonchev–Trinajstić information content (AvgIpc) is 2.26. The molecule has 0 saturated heterocycles. The molecular formula is C13H21N3O. The first-order chi connectivity index (χ1) is 8.00. The number of pyridine rings is 1. The predicted molar refractivity (Wildman–Crippen MR) is 68.6 cm³/mol. The Morgan fingerprint density at radius 1 is 1.41 bits per heavy atom. The number of aryl methyl sites for hydroxylation is 1. The van der Waals surface area contributed by atoms with E-state index >= 15 is 0 Å². The summed E-state index contributed by atoms with van der Waals surface area (Å²) in [4.78, 5) is 15.7. The monoisotopic (exact) mass is 235 g/mol. The van der Waals surface area contributed by atoms with Crippen molar-refractivity contribution in [3.05, 3.63) is 29.6 Å². The van der Waals surface area contributed by atoms with E-state index in [1.165, 1.54) is 5.56 Å². The normalized spacial score (nSPS) is 12.5. The third-order valence-corrected chi connectivity index (χ3v) is 2.57. The maximum absolute atomic E-state index is 11.7. The summed E-state index contributed by atoms with van der Waals surface area (Å²) in [7, 11) is 0. The first-order valence-electron chi connectivity index (χ1n) is 5.94. The summed E-state index contributed by atoms with van der Waals surface area (Å²) in [5.74, 6) is 0.0292. The minimum absolute atomic E-state index is 0.0292. The Hall–Kier alpha value is -1.42. The molecule has 0 bridgehead atoms. The van der Waals surface area contributed by atoms with Crippen LogP contribution in [0.5, 0.6) is 0 Å². The Labute approximate surface area is 103 Å². The highest BCUT2D eigenvalue weighted by atomic mass is 16.2. The van der Waals surface area contributed by atoms with E-state index in [1.807, 2.05) is 40.0 Å². The van der Waals surface area contributed by atoms with E-state index in [2.05, 4.69) is 15.6 Å². The molecule has 0 fully saturated rings. The summed E-state index contributed by atoms with van der Waals surface area (Å²) in [6.45, 7) is 8.47. The number of rotatable bonds is 5. The van der Waals surface area contributed by atoms with E-state index in [4.69, 9.17) is 0 Å². The lowest BCUT2D eigenvalue weighted by Gasteiger charge is -2.16. The van der Waals surface area contributed by atoms with Gasteiger partial charge in [-0.3, -0.25) is 9.78 Å². The number of carbonyl (C=O) groups is 1. The first kappa shape index (κ1) is 13.6. The van der Waals surface area contributed by atoms with Crippen molar-refractivity contribution in [2.24, 2.45) is 0 Å². The Bertz CT molecular complexity index is 377. The van der Waals surface area contributed by atoms with Gasteiger partial charge in [0.05, 0.1) is 6.04 Å². The van der Waals surface area contributed by atoms with Crippen LogP contribution >= 0.6 is 0 Å². The largest absolute Gasteiger partial charge is 0.353 e. The molecule has 0 spiro atoms. The molecule has 0 aliphatic heterocycles. The summed E-state index contributed by atoms with van der Waals surface area (Å²) in [6, 6.07) is 1.94. The molecule has 0 radical (unpaired) electrons. The van der Waals surface area contributed by atoms with Crippen LogP contribution < -0.4 is 10.6 Å². The van der Waals surface area contributed by atoms with E-state index in [-0.39, 0.29) is 18.0 Å². The smallest absolute Gasteiger partial charge is 0.237 e. The summed E-state index contributed by atoms with van der Waals surface area (Å²) in [6.07, 6.45) is 3.60. The quantitative estimate of drug-likeness (QED) is 0.811. The van der Waals surface area contributed by atoms with Gasteiger partial charge in [0.25, 0.3) is 0 Å². The zero-order valence-corrected chi connectivity index (χ0v) is 10.9. The average molecular weight is 235 g/mol. The molecule has 0 aliphatic rings. The molecular weight excluding hydrogens is 214 g/mol. The van der Waals surface area contributed by atoms with Crippen molar-refractivity contribution in [3.63, 3.8) is 0 Å². The second-order valence-electron chi connectivity index (χ2n) is 4.57. The van der Waals surface area contributed by atoms with Gasteiger partial charge in [0.2, 0.25) is 5.91 Å². The van der Waals surface area contributed by atoms with Crippen LogP contribution in [0.4, 0.5) is 0 Å². The molecule has 1 atom stereocenters. The third-order valence-electron chi connectivity index (χ3n) is 2.57. The Morgan fingerprint density at radius 3 is 2.71 bits per heavy atom. The molecule has 1 aromatic heterocycles. The molecule has 1 aromatic rings. The van der Waals surface area contributed by atoms with Gasteiger partial charge in [-0.2, -0.15) is 0 Å². The molecule has 4 nitrogen and oxygen atoms in total. The van der Waals surface area contributed by atoms with Crippen molar-refractivity contribution in [1.29, 1.82) is 0 Å². The van der Waals surface area contributed by atoms with Crippen molar-refractivity contribution < 1.29 is 4.79 Å². The predicted octanol–water partition coefficient (Wildman–Crippen LogP) is 1.39. The fraction of sp³-hybridized carbons (Fsp3) is 0.538. The topological polar surface area (TPSA) is 54.0 Å². The number of aromatic nitrogens is 1. The van der Waals surface area contributed by atoms with Crippen molar-refractivity contribution in [2.75, 3.05) is 0 Å². The minimum Gasteiger partial charge on any atom is -0.353 e. The van der Waals surface area contributed by atoms with Crippen LogP contribution in [0.2, 0.25) is 0 Å². The second-order valence-corrected chi connectivity index (χ2v) is 4.57. The van der Waals surface area contributed by atoms with Crippen LogP contribution in [0.25, 0.3) is 0 Å². The SMILES string of the molecule is Cc1ccncc1CNC(C)C(=O)NC(C)C. The summed E-state index contributed by atoms with van der Waals surface area (Å²) in [5, 5.41) is 6.07. The fourth-order valence-electron chi connectivity index (χ4n) is 1.45. The molecule has 4 heteroatoms. The number of carbonyl (C=O) groups excluding carboxylic acids is 1. The maximum atomic E-state index is 11.7. The first-order valence-corrected chi connectivity index (χ1v) is 5.94. The van der Waals surface area contributed by atoms with Crippen LogP contribution in [0.3, 0.4) is 0 Å². The van der Waals surface area contributed by atoms with E-state index in [9.17, 15) is 4.79 Å². The van der Waals surface area contributed by atoms with E-state index in [0.29, 0.717) is 6.54 Å². The Kier molecular flexibility index (Phi) is 5.10. The Morgan fingerprint density at radius 2 is 2.12 bits per heavy atom. The zero-order chi connectivity index (χ0) is 12.8. The second kappa shape index (κ2) is 6.35. The number of amides is 1. The molecule has 1 amide bonds. The van der Waals surface area contributed by atoms with E-state index in [0.717, 1.165) is 5.56 Å². The Balaban J connectivity index is 2.46. The van der Waals surface area contributed by atoms with Crippen molar-refractivity contribution >= 4 is 5.91 Å². The summed E-state index contributed by atoms with van der Waals surface area (Å²) >= 11 is 0. The lowest BCUT2D eigenvalue weighted by atomic mass is 10.1. The van der Waals surface area contributed by atoms with Gasteiger partial charge in [-0.25, -0.2) is 0 Å². The van der Waals surface area contributed by atoms with E-state index < -0.39 is 0 Å². The van der Waals surface area contributed by atoms with Gasteiger partial charge in [-0.1, -0.05) is 0 Å². The molecule has 17 heavy (non-hydrogen) atoms. The van der Waals surface area contributed by atoms with Crippen molar-refractivity contribution in [2.45, 2.75) is 46.3 Å². The lowest BCUT2D eigenvalue weighted by molar-refractivity contribution is -0.123. The molecule has 0 aliphatic carbocycles. The standard InChI is InChI=1S/C13H21N3O/c1-9(2)16-13(17)11(4)15-8-12-7-14-6-5-10(12)3/h5-7,9,11,15H,8H2,1-4H3,(H,16,17). The number of hydrogen-bond donors (Lipinski definition) is 2. The minimum atomic E-state index is -0.197. The van der Waals surface area contributed by atoms with Crippen LogP contribution in [0.1, 0.15) is 31.9 Å². The van der Waals surface area contributed by atoms with Crippen molar-refractivity contribution in [1.82, 2.24) is 15.6 Å². The van der Waals surface area contributed by atoms with Crippen LogP contribution in [-0.2, 0) is 11.3 Å². The third kappa shape index (κ3) is 4.53. The van der Waals surface area contributed by atoms with E-state index in [1.54, 1.807) is 6.20 Å². The molecule has 0 aromatic carbocycles. The van der Waals surface area contributed by atoms with Crippen LogP contribution in [0.15, 0.2) is 18.5 Å². The molecule has 1 heterocycles. The highest BCUT2D eigenvalue weighted by molar-refractivity contribution is 5.81. The van der Waals surface area contributed by atoms with Crippen LogP contribution in [-0.4, -0.2) is 23.0 Å². The van der Waals surface area contributed by atoms with Gasteiger partial charge in [0, 0.05) is 25.0 Å². The fourth-order valence-corrected chi connectivity index (χ4v) is 1.45. The number of nitrogens with zero attached hydrogens (tertiary/aromatic N) is 1. The maximum Gasteiger partial charge on any atom is 0.237 e. The van der Waals surface area contributed by atoms with Crippen LogP contribution in [0, 0.1) is 6.92 Å². The van der Waals surface area contributed by atoms with Crippen molar-refractivity contribution in [3.8, 4) is 0 Å². The lowest BCUT2D eigenvalue weighted by Crippen LogP contribution is -2.44. The van der Waals surface area contributed by atoms with Gasteiger partial charge < -0.3 is 10.6 Å². The number of nitrogens with one attached hydrogen (secondary N) is 2. The van der Waals surface area contributed by atoms with Gasteiger partial charge in [-0.15, -0.1) is 0 Å². The molecule has 1 unspecified atom stereocenters. The molecule has 0 saturated carbocycles. The molecule has 1 rings (SSSR count). The van der Waals surface area contributed by atoms with Gasteiger partial charge >= 0.3 is 0 Å². The zero-order valence-electron chi connectivity index (χ0n) is 10.9. The van der Waals surface area contributed by atoms with Gasteiger partial charge in [0.1, 0.15) is 0 Å². The molecule has 94 valence electrons. The summed E-state index contributed by atoms with van der Waals surface area (Å²) < 4.78 is 0. The molecule has 2 N–H and O–H groups in total. The van der Waals surface area contributed by atoms with Gasteiger partial charge in [0.15, 0.2) is 0 Å². The van der Waals surface area contributed by atoms with Gasteiger partial charge in [-0.05, 0) is 44.9 Å². The number of hydrogen-bond acceptors (Lipinski definition) is 3. The highest BCUT2D eigenvalue weighted by Gasteiger charge is 2.12. The summed E-state index contributed by atoms with van der Waals surface area (Å²) in [5.41, 5.74) is 2.31.